The van der Waals surface area contributed by atoms with Crippen molar-refractivity contribution in [3.63, 3.8) is 0 Å². The molecule has 0 aliphatic carbocycles. The van der Waals surface area contributed by atoms with Gasteiger partial charge in [0.05, 0.1) is 23.9 Å². The number of hydrogen-bond acceptors (Lipinski definition) is 5. The molecular weight excluding hydrogens is 332 g/mol. The minimum atomic E-state index is -0.119. The Balaban J connectivity index is 2.21. The molecule has 0 spiro atoms. The third-order valence-corrected chi connectivity index (χ3v) is 3.87. The molecule has 0 saturated heterocycles. The number of ether oxygens (including phenoxy) is 2. The predicted molar refractivity (Wildman–Crippen MR) is 97.1 cm³/mol. The van der Waals surface area contributed by atoms with Crippen LogP contribution in [0.5, 0.6) is 11.5 Å². The lowest BCUT2D eigenvalue weighted by molar-refractivity contribution is -0.122. The molecule has 7 nitrogen and oxygen atoms in total. The Morgan fingerprint density at radius 3 is 2.58 bits per heavy atom. The Bertz CT molecular complexity index is 775. The van der Waals surface area contributed by atoms with Crippen LogP contribution in [-0.4, -0.2) is 35.9 Å². The number of methoxy groups -OCH3 is 1. The van der Waals surface area contributed by atoms with Crippen LogP contribution in [0.1, 0.15) is 30.8 Å². The molecule has 0 bridgehead atoms. The first kappa shape index (κ1) is 19.5. The van der Waals surface area contributed by atoms with Gasteiger partial charge in [-0.05, 0) is 37.1 Å². The van der Waals surface area contributed by atoms with Gasteiger partial charge in [0, 0.05) is 13.7 Å². The average Bonchev–Trinajstić information content (AvgIpc) is 2.98. The van der Waals surface area contributed by atoms with E-state index in [1.165, 1.54) is 0 Å². The lowest BCUT2D eigenvalue weighted by atomic mass is 10.2. The zero-order chi connectivity index (χ0) is 18.9. The number of nitrogens with zero attached hydrogens (tertiary/aromatic N) is 3. The van der Waals surface area contributed by atoms with E-state index in [1.807, 2.05) is 13.8 Å². The second kappa shape index (κ2) is 9.59. The van der Waals surface area contributed by atoms with Crippen LogP contribution in [0, 0.1) is 11.3 Å². The molecule has 1 aromatic carbocycles. The number of carbonyl (C=O) groups excluding carboxylic acids is 1. The van der Waals surface area contributed by atoms with Crippen molar-refractivity contribution >= 4 is 5.91 Å². The molecular formula is C19H24N4O3. The molecule has 0 radical (unpaired) electrons. The summed E-state index contributed by atoms with van der Waals surface area (Å²) in [6.45, 7) is 5.07. The van der Waals surface area contributed by atoms with Gasteiger partial charge in [-0.15, -0.1) is 0 Å². The summed E-state index contributed by atoms with van der Waals surface area (Å²) < 4.78 is 12.7. The van der Waals surface area contributed by atoms with Crippen LogP contribution in [0.15, 0.2) is 24.3 Å². The van der Waals surface area contributed by atoms with Gasteiger partial charge in [0.15, 0.2) is 5.75 Å². The normalized spacial score (nSPS) is 10.4. The lowest BCUT2D eigenvalue weighted by Gasteiger charge is -2.10. The minimum Gasteiger partial charge on any atom is -0.453 e. The Labute approximate surface area is 153 Å². The fraction of sp³-hybridized carbons (Fsp3) is 0.421. The predicted octanol–water partition coefficient (Wildman–Crippen LogP) is 2.43. The SMILES string of the molecule is CCc1nn(CC(=O)NCCOC)c(CC)c1Oc1ccc(C#N)cc1. The summed E-state index contributed by atoms with van der Waals surface area (Å²) >= 11 is 0. The Kier molecular flexibility index (Phi) is 7.18. The Morgan fingerprint density at radius 2 is 2.00 bits per heavy atom. The summed E-state index contributed by atoms with van der Waals surface area (Å²) in [7, 11) is 1.59. The highest BCUT2D eigenvalue weighted by molar-refractivity contribution is 5.75. The molecule has 1 aromatic heterocycles. The molecule has 138 valence electrons. The van der Waals surface area contributed by atoms with Crippen molar-refractivity contribution in [2.45, 2.75) is 33.2 Å². The maximum Gasteiger partial charge on any atom is 0.241 e. The highest BCUT2D eigenvalue weighted by atomic mass is 16.5. The number of hydrogen-bond donors (Lipinski definition) is 1. The van der Waals surface area contributed by atoms with Gasteiger partial charge in [-0.2, -0.15) is 10.4 Å². The number of aromatic nitrogens is 2. The van der Waals surface area contributed by atoms with Crippen LogP contribution >= 0.6 is 0 Å². The van der Waals surface area contributed by atoms with Crippen molar-refractivity contribution in [3.8, 4) is 17.6 Å². The number of carbonyl (C=O) groups is 1. The van der Waals surface area contributed by atoms with Crippen LogP contribution in [0.3, 0.4) is 0 Å². The summed E-state index contributed by atoms with van der Waals surface area (Å²) in [6, 6.07) is 9.01. The van der Waals surface area contributed by atoms with Gasteiger partial charge < -0.3 is 14.8 Å². The second-order valence-electron chi connectivity index (χ2n) is 5.67. The fourth-order valence-corrected chi connectivity index (χ4v) is 2.56. The summed E-state index contributed by atoms with van der Waals surface area (Å²) in [4.78, 5) is 12.1. The van der Waals surface area contributed by atoms with Crippen molar-refractivity contribution in [1.82, 2.24) is 15.1 Å². The largest absolute Gasteiger partial charge is 0.453 e. The quantitative estimate of drug-likeness (QED) is 0.697. The molecule has 0 saturated carbocycles. The lowest BCUT2D eigenvalue weighted by Crippen LogP contribution is -2.31. The highest BCUT2D eigenvalue weighted by Crippen LogP contribution is 2.30. The van der Waals surface area contributed by atoms with E-state index >= 15 is 0 Å². The average molecular weight is 356 g/mol. The maximum absolute atomic E-state index is 12.1. The molecule has 0 fully saturated rings. The number of benzene rings is 1. The molecule has 0 atom stereocenters. The Hall–Kier alpha value is -2.85. The number of aryl methyl sites for hydroxylation is 1. The van der Waals surface area contributed by atoms with E-state index in [9.17, 15) is 4.79 Å². The first-order valence-electron chi connectivity index (χ1n) is 8.65. The summed E-state index contributed by atoms with van der Waals surface area (Å²) in [5.74, 6) is 1.20. The summed E-state index contributed by atoms with van der Waals surface area (Å²) in [6.07, 6.45) is 1.38. The minimum absolute atomic E-state index is 0.119. The third-order valence-electron chi connectivity index (χ3n) is 3.87. The van der Waals surface area contributed by atoms with Gasteiger partial charge >= 0.3 is 0 Å². The highest BCUT2D eigenvalue weighted by Gasteiger charge is 2.19. The van der Waals surface area contributed by atoms with Crippen molar-refractivity contribution in [3.05, 3.63) is 41.2 Å². The molecule has 1 heterocycles. The zero-order valence-corrected chi connectivity index (χ0v) is 15.4. The molecule has 26 heavy (non-hydrogen) atoms. The van der Waals surface area contributed by atoms with E-state index in [4.69, 9.17) is 14.7 Å². The Morgan fingerprint density at radius 1 is 1.27 bits per heavy atom. The number of rotatable bonds is 9. The smallest absolute Gasteiger partial charge is 0.241 e. The summed E-state index contributed by atoms with van der Waals surface area (Å²) in [5, 5.41) is 16.2. The van der Waals surface area contributed by atoms with Crippen molar-refractivity contribution in [2.75, 3.05) is 20.3 Å². The van der Waals surface area contributed by atoms with Gasteiger partial charge in [0.2, 0.25) is 5.91 Å². The van der Waals surface area contributed by atoms with Gasteiger partial charge in [-0.25, -0.2) is 0 Å². The van der Waals surface area contributed by atoms with E-state index < -0.39 is 0 Å². The number of nitriles is 1. The van der Waals surface area contributed by atoms with E-state index in [1.54, 1.807) is 36.1 Å². The maximum atomic E-state index is 12.1. The number of nitrogens with one attached hydrogen (secondary N) is 1. The number of amides is 1. The van der Waals surface area contributed by atoms with E-state index in [-0.39, 0.29) is 12.5 Å². The molecule has 2 aromatic rings. The van der Waals surface area contributed by atoms with Gasteiger partial charge in [-0.3, -0.25) is 9.48 Å². The van der Waals surface area contributed by atoms with Crippen LogP contribution in [-0.2, 0) is 28.9 Å². The molecule has 0 unspecified atom stereocenters. The molecule has 2 rings (SSSR count). The third kappa shape index (κ3) is 4.83. The molecule has 0 aliphatic heterocycles. The van der Waals surface area contributed by atoms with E-state index in [0.29, 0.717) is 43.1 Å². The van der Waals surface area contributed by atoms with Crippen LogP contribution in [0.2, 0.25) is 0 Å². The van der Waals surface area contributed by atoms with E-state index in [0.717, 1.165) is 11.4 Å². The van der Waals surface area contributed by atoms with Gasteiger partial charge in [-0.1, -0.05) is 13.8 Å². The monoisotopic (exact) mass is 356 g/mol. The molecule has 1 amide bonds. The topological polar surface area (TPSA) is 89.2 Å². The standard InChI is InChI=1S/C19H24N4O3/c1-4-16-19(26-15-8-6-14(12-20)7-9-15)17(5-2)23(22-16)13-18(24)21-10-11-25-3/h6-9H,4-5,10-11,13H2,1-3H3,(H,21,24). The molecule has 7 heteroatoms. The second-order valence-corrected chi connectivity index (χ2v) is 5.67. The van der Waals surface area contributed by atoms with Gasteiger partial charge in [0.25, 0.3) is 0 Å². The molecule has 1 N–H and O–H groups in total. The van der Waals surface area contributed by atoms with Crippen molar-refractivity contribution in [1.29, 1.82) is 5.26 Å². The fourth-order valence-electron chi connectivity index (χ4n) is 2.56. The first-order chi connectivity index (χ1) is 12.6. The van der Waals surface area contributed by atoms with Crippen LogP contribution in [0.4, 0.5) is 0 Å². The molecule has 0 aliphatic rings. The summed E-state index contributed by atoms with van der Waals surface area (Å²) in [5.41, 5.74) is 2.25. The van der Waals surface area contributed by atoms with Crippen LogP contribution < -0.4 is 10.1 Å². The van der Waals surface area contributed by atoms with Crippen molar-refractivity contribution < 1.29 is 14.3 Å². The van der Waals surface area contributed by atoms with Crippen LogP contribution in [0.25, 0.3) is 0 Å². The van der Waals surface area contributed by atoms with Gasteiger partial charge in [0.1, 0.15) is 18.0 Å². The first-order valence-corrected chi connectivity index (χ1v) is 8.65. The van der Waals surface area contributed by atoms with E-state index in [2.05, 4.69) is 16.5 Å². The van der Waals surface area contributed by atoms with Crippen molar-refractivity contribution in [2.24, 2.45) is 0 Å². The zero-order valence-electron chi connectivity index (χ0n) is 15.4.